The van der Waals surface area contributed by atoms with Crippen LogP contribution in [0, 0.1) is 0 Å². The second-order valence-corrected chi connectivity index (χ2v) is 6.65. The van der Waals surface area contributed by atoms with Crippen LogP contribution >= 0.6 is 23.7 Å². The van der Waals surface area contributed by atoms with E-state index in [0.29, 0.717) is 0 Å². The Kier molecular flexibility index (Phi) is 5.25. The van der Waals surface area contributed by atoms with Gasteiger partial charge in [-0.1, -0.05) is 18.2 Å². The first-order valence-electron chi connectivity index (χ1n) is 7.22. The molecule has 2 aromatic rings. The Balaban J connectivity index is 0.00000161. The van der Waals surface area contributed by atoms with Crippen molar-refractivity contribution in [2.75, 3.05) is 6.54 Å². The van der Waals surface area contributed by atoms with Gasteiger partial charge in [-0.05, 0) is 43.7 Å². The number of halogens is 1. The van der Waals surface area contributed by atoms with Crippen LogP contribution < -0.4 is 5.73 Å². The van der Waals surface area contributed by atoms with E-state index in [2.05, 4.69) is 12.1 Å². The van der Waals surface area contributed by atoms with Crippen molar-refractivity contribution in [3.05, 3.63) is 35.2 Å². The number of hydrogen-bond donors (Lipinski definition) is 1. The average Bonchev–Trinajstić information content (AvgIpc) is 2.90. The number of hydrogen-bond acceptors (Lipinski definition) is 3. The highest BCUT2D eigenvalue weighted by molar-refractivity contribution is 7.20. The number of carbonyl (C=O) groups is 1. The summed E-state index contributed by atoms with van der Waals surface area (Å²) in [5.41, 5.74) is 6.06. The van der Waals surface area contributed by atoms with Crippen LogP contribution in [0.1, 0.15) is 35.9 Å². The van der Waals surface area contributed by atoms with Crippen LogP contribution in [0.2, 0.25) is 0 Å². The normalized spacial score (nSPS) is 20.1. The number of carbonyl (C=O) groups excluding carboxylic acids is 1. The topological polar surface area (TPSA) is 46.3 Å². The predicted molar refractivity (Wildman–Crippen MR) is 91.4 cm³/mol. The fraction of sp³-hybridized carbons (Fsp3) is 0.438. The zero-order chi connectivity index (χ0) is 14.1. The van der Waals surface area contributed by atoms with Crippen molar-refractivity contribution in [1.82, 2.24) is 4.90 Å². The molecule has 0 bridgehead atoms. The van der Waals surface area contributed by atoms with Crippen molar-refractivity contribution in [2.45, 2.75) is 38.3 Å². The van der Waals surface area contributed by atoms with E-state index in [-0.39, 0.29) is 30.4 Å². The molecule has 2 atom stereocenters. The molecule has 1 aliphatic heterocycles. The number of piperidine rings is 1. The summed E-state index contributed by atoms with van der Waals surface area (Å²) in [6, 6.07) is 10.4. The molecule has 3 rings (SSSR count). The van der Waals surface area contributed by atoms with Gasteiger partial charge in [-0.15, -0.1) is 23.7 Å². The molecule has 0 aliphatic carbocycles. The van der Waals surface area contributed by atoms with Gasteiger partial charge >= 0.3 is 0 Å². The SMILES string of the molecule is CC(N)C1CCCCN1C(=O)c1cc2ccccc2s1.Cl. The largest absolute Gasteiger partial charge is 0.333 e. The highest BCUT2D eigenvalue weighted by Crippen LogP contribution is 2.29. The highest BCUT2D eigenvalue weighted by Gasteiger charge is 2.30. The lowest BCUT2D eigenvalue weighted by molar-refractivity contribution is 0.0589. The molecule has 2 heterocycles. The molecular weight excluding hydrogens is 304 g/mol. The molecule has 1 aromatic carbocycles. The first-order chi connectivity index (χ1) is 9.66. The molecule has 114 valence electrons. The molecule has 2 N–H and O–H groups in total. The minimum atomic E-state index is 0. The van der Waals surface area contributed by atoms with Crippen LogP contribution in [0.25, 0.3) is 10.1 Å². The number of nitrogens with zero attached hydrogens (tertiary/aromatic N) is 1. The third-order valence-electron chi connectivity index (χ3n) is 4.05. The van der Waals surface area contributed by atoms with Crippen molar-refractivity contribution in [3.8, 4) is 0 Å². The van der Waals surface area contributed by atoms with Gasteiger partial charge in [0.15, 0.2) is 0 Å². The molecule has 1 aromatic heterocycles. The second kappa shape index (κ2) is 6.77. The smallest absolute Gasteiger partial charge is 0.264 e. The van der Waals surface area contributed by atoms with Crippen LogP contribution in [-0.4, -0.2) is 29.4 Å². The summed E-state index contributed by atoms with van der Waals surface area (Å²) in [7, 11) is 0. The second-order valence-electron chi connectivity index (χ2n) is 5.57. The number of rotatable bonds is 2. The van der Waals surface area contributed by atoms with Crippen LogP contribution in [0.15, 0.2) is 30.3 Å². The molecule has 1 aliphatic rings. The van der Waals surface area contributed by atoms with Gasteiger partial charge in [0.1, 0.15) is 0 Å². The fourth-order valence-corrected chi connectivity index (χ4v) is 4.00. The van der Waals surface area contributed by atoms with Crippen molar-refractivity contribution in [1.29, 1.82) is 0 Å². The van der Waals surface area contributed by atoms with Gasteiger partial charge in [-0.2, -0.15) is 0 Å². The van der Waals surface area contributed by atoms with E-state index in [9.17, 15) is 4.79 Å². The number of fused-ring (bicyclic) bond motifs is 1. The third-order valence-corrected chi connectivity index (χ3v) is 5.16. The van der Waals surface area contributed by atoms with Gasteiger partial charge in [0.2, 0.25) is 0 Å². The lowest BCUT2D eigenvalue weighted by atomic mass is 9.97. The Morgan fingerprint density at radius 2 is 2.14 bits per heavy atom. The van der Waals surface area contributed by atoms with Crippen LogP contribution in [-0.2, 0) is 0 Å². The Bertz CT molecular complexity index is 593. The Morgan fingerprint density at radius 3 is 2.86 bits per heavy atom. The molecule has 0 radical (unpaired) electrons. The van der Waals surface area contributed by atoms with Gasteiger partial charge in [0.05, 0.1) is 4.88 Å². The summed E-state index contributed by atoms with van der Waals surface area (Å²) in [5.74, 6) is 0.146. The molecule has 0 spiro atoms. The molecule has 1 amide bonds. The predicted octanol–water partition coefficient (Wildman–Crippen LogP) is 3.67. The Hall–Kier alpha value is -1.10. The minimum absolute atomic E-state index is 0. The summed E-state index contributed by atoms with van der Waals surface area (Å²) >= 11 is 1.58. The van der Waals surface area contributed by atoms with E-state index in [1.807, 2.05) is 30.0 Å². The summed E-state index contributed by atoms with van der Waals surface area (Å²) < 4.78 is 1.17. The molecule has 1 fully saturated rings. The number of likely N-dealkylation sites (tertiary alicyclic amines) is 1. The minimum Gasteiger partial charge on any atom is -0.333 e. The first kappa shape index (κ1) is 16.3. The van der Waals surface area contributed by atoms with Gasteiger partial charge in [-0.3, -0.25) is 4.79 Å². The van der Waals surface area contributed by atoms with E-state index < -0.39 is 0 Å². The maximum atomic E-state index is 12.8. The zero-order valence-electron chi connectivity index (χ0n) is 12.1. The summed E-state index contributed by atoms with van der Waals surface area (Å²) in [5, 5.41) is 1.15. The van der Waals surface area contributed by atoms with Crippen LogP contribution in [0.3, 0.4) is 0 Å². The summed E-state index contributed by atoms with van der Waals surface area (Å²) in [4.78, 5) is 15.6. The van der Waals surface area contributed by atoms with E-state index in [0.717, 1.165) is 29.6 Å². The van der Waals surface area contributed by atoms with Gasteiger partial charge in [0.25, 0.3) is 5.91 Å². The molecule has 1 saturated heterocycles. The zero-order valence-corrected chi connectivity index (χ0v) is 13.8. The van der Waals surface area contributed by atoms with Gasteiger partial charge < -0.3 is 10.6 Å². The Morgan fingerprint density at radius 1 is 1.38 bits per heavy atom. The quantitative estimate of drug-likeness (QED) is 0.916. The highest BCUT2D eigenvalue weighted by atomic mass is 35.5. The number of nitrogens with two attached hydrogens (primary N) is 1. The summed E-state index contributed by atoms with van der Waals surface area (Å²) in [6.45, 7) is 2.83. The lowest BCUT2D eigenvalue weighted by Gasteiger charge is -2.37. The maximum absolute atomic E-state index is 12.8. The van der Waals surface area contributed by atoms with E-state index in [4.69, 9.17) is 5.73 Å². The maximum Gasteiger partial charge on any atom is 0.264 e. The van der Waals surface area contributed by atoms with Gasteiger partial charge in [-0.25, -0.2) is 0 Å². The lowest BCUT2D eigenvalue weighted by Crippen LogP contribution is -2.51. The van der Waals surface area contributed by atoms with Gasteiger partial charge in [0, 0.05) is 23.3 Å². The van der Waals surface area contributed by atoms with Crippen molar-refractivity contribution in [3.63, 3.8) is 0 Å². The van der Waals surface area contributed by atoms with Crippen molar-refractivity contribution in [2.24, 2.45) is 5.73 Å². The van der Waals surface area contributed by atoms with Crippen LogP contribution in [0.4, 0.5) is 0 Å². The molecule has 2 unspecified atom stereocenters. The van der Waals surface area contributed by atoms with Crippen molar-refractivity contribution >= 4 is 39.7 Å². The number of benzene rings is 1. The Labute approximate surface area is 135 Å². The number of amides is 1. The van der Waals surface area contributed by atoms with Crippen molar-refractivity contribution < 1.29 is 4.79 Å². The standard InChI is InChI=1S/C16H20N2OS.ClH/c1-11(17)13-7-4-5-9-18(13)16(19)15-10-12-6-2-3-8-14(12)20-15;/h2-3,6,8,10-11,13H,4-5,7,9,17H2,1H3;1H. The summed E-state index contributed by atoms with van der Waals surface area (Å²) in [6.07, 6.45) is 3.27. The number of thiophene rings is 1. The van der Waals surface area contributed by atoms with Crippen LogP contribution in [0.5, 0.6) is 0 Å². The van der Waals surface area contributed by atoms with E-state index in [1.54, 1.807) is 11.3 Å². The molecule has 5 heteroatoms. The average molecular weight is 325 g/mol. The first-order valence-corrected chi connectivity index (χ1v) is 8.03. The fourth-order valence-electron chi connectivity index (χ4n) is 2.98. The molecule has 3 nitrogen and oxygen atoms in total. The monoisotopic (exact) mass is 324 g/mol. The van der Waals surface area contributed by atoms with E-state index in [1.165, 1.54) is 11.1 Å². The van der Waals surface area contributed by atoms with E-state index >= 15 is 0 Å². The third kappa shape index (κ3) is 3.23. The molecule has 21 heavy (non-hydrogen) atoms. The molecule has 0 saturated carbocycles. The molecular formula is C16H21ClN2OS.